The third-order valence-electron chi connectivity index (χ3n) is 5.94. The highest BCUT2D eigenvalue weighted by molar-refractivity contribution is 6.09. The Morgan fingerprint density at radius 1 is 1.07 bits per heavy atom. The minimum absolute atomic E-state index is 0.497. The Morgan fingerprint density at radius 2 is 1.97 bits per heavy atom. The van der Waals surface area contributed by atoms with E-state index in [1.54, 1.807) is 6.20 Å². The van der Waals surface area contributed by atoms with Crippen LogP contribution < -0.4 is 16.0 Å². The van der Waals surface area contributed by atoms with Crippen molar-refractivity contribution < 1.29 is 0 Å². The molecule has 2 aromatic carbocycles. The summed E-state index contributed by atoms with van der Waals surface area (Å²) in [7, 11) is 0. The molecule has 1 unspecified atom stereocenters. The molecule has 0 saturated carbocycles. The number of hydrogen-bond donors (Lipinski definition) is 3. The molecule has 0 radical (unpaired) electrons. The molecule has 0 spiro atoms. The average Bonchev–Trinajstić information content (AvgIpc) is 3.12. The lowest BCUT2D eigenvalue weighted by atomic mass is 10.1. The van der Waals surface area contributed by atoms with Crippen molar-refractivity contribution in [2.24, 2.45) is 0 Å². The first-order valence-corrected chi connectivity index (χ1v) is 10.9. The smallest absolute Gasteiger partial charge is 0.224 e. The van der Waals surface area contributed by atoms with E-state index in [2.05, 4.69) is 79.9 Å². The third kappa shape index (κ3) is 3.71. The van der Waals surface area contributed by atoms with Crippen LogP contribution in [0, 0.1) is 0 Å². The van der Waals surface area contributed by atoms with Crippen LogP contribution in [0.2, 0.25) is 0 Å². The van der Waals surface area contributed by atoms with Gasteiger partial charge in [0.05, 0.1) is 0 Å². The van der Waals surface area contributed by atoms with Crippen LogP contribution in [-0.2, 0) is 6.54 Å². The van der Waals surface area contributed by atoms with Gasteiger partial charge in [-0.3, -0.25) is 0 Å². The van der Waals surface area contributed by atoms with Crippen molar-refractivity contribution in [3.8, 4) is 0 Å². The number of fused-ring (bicyclic) bond motifs is 3. The molecule has 5 rings (SSSR count). The molecule has 154 valence electrons. The lowest BCUT2D eigenvalue weighted by molar-refractivity contribution is 0.413. The van der Waals surface area contributed by atoms with Crippen LogP contribution in [0.3, 0.4) is 0 Å². The molecule has 4 aromatic rings. The maximum absolute atomic E-state index is 4.65. The van der Waals surface area contributed by atoms with Crippen molar-refractivity contribution in [3.05, 3.63) is 54.7 Å². The Morgan fingerprint density at radius 3 is 2.83 bits per heavy atom. The fourth-order valence-electron chi connectivity index (χ4n) is 4.45. The zero-order chi connectivity index (χ0) is 20.3. The van der Waals surface area contributed by atoms with E-state index in [1.165, 1.54) is 41.1 Å². The predicted octanol–water partition coefficient (Wildman–Crippen LogP) is 4.90. The molecular weight excluding hydrogens is 372 g/mol. The van der Waals surface area contributed by atoms with Crippen molar-refractivity contribution in [1.29, 1.82) is 0 Å². The van der Waals surface area contributed by atoms with E-state index in [0.717, 1.165) is 31.1 Å². The van der Waals surface area contributed by atoms with Gasteiger partial charge >= 0.3 is 0 Å². The number of nitrogens with one attached hydrogen (secondary N) is 3. The lowest BCUT2D eigenvalue weighted by Crippen LogP contribution is -2.39. The van der Waals surface area contributed by atoms with Crippen molar-refractivity contribution >= 4 is 39.3 Å². The predicted molar refractivity (Wildman–Crippen MR) is 125 cm³/mol. The summed E-state index contributed by atoms with van der Waals surface area (Å²) < 4.78 is 2.36. The van der Waals surface area contributed by atoms with Crippen LogP contribution in [0.5, 0.6) is 0 Å². The van der Waals surface area contributed by atoms with Crippen LogP contribution in [0.15, 0.2) is 54.7 Å². The van der Waals surface area contributed by atoms with Gasteiger partial charge in [0.2, 0.25) is 5.95 Å². The number of nitrogens with zero attached hydrogens (tertiary/aromatic N) is 3. The van der Waals surface area contributed by atoms with Crippen molar-refractivity contribution in [1.82, 2.24) is 19.9 Å². The molecule has 30 heavy (non-hydrogen) atoms. The molecule has 6 heteroatoms. The first-order chi connectivity index (χ1) is 14.8. The molecule has 0 bridgehead atoms. The Balaban J connectivity index is 1.37. The fraction of sp³-hybridized carbons (Fsp3) is 0.333. The average molecular weight is 401 g/mol. The van der Waals surface area contributed by atoms with Crippen molar-refractivity contribution in [2.45, 2.75) is 38.8 Å². The molecular formula is C24H28N6. The van der Waals surface area contributed by atoms with Gasteiger partial charge in [0.25, 0.3) is 0 Å². The summed E-state index contributed by atoms with van der Waals surface area (Å²) in [4.78, 5) is 9.03. The van der Waals surface area contributed by atoms with Crippen molar-refractivity contribution in [2.75, 3.05) is 23.7 Å². The summed E-state index contributed by atoms with van der Waals surface area (Å²) in [6, 6.07) is 17.5. The van der Waals surface area contributed by atoms with Crippen LogP contribution in [0.1, 0.15) is 26.2 Å². The highest BCUT2D eigenvalue weighted by atomic mass is 15.1. The number of aromatic nitrogens is 3. The van der Waals surface area contributed by atoms with Gasteiger partial charge in [0.1, 0.15) is 5.82 Å². The minimum Gasteiger partial charge on any atom is -0.353 e. The Bertz CT molecular complexity index is 1160. The normalized spacial score (nSPS) is 16.8. The maximum atomic E-state index is 4.65. The van der Waals surface area contributed by atoms with Gasteiger partial charge in [-0.25, -0.2) is 4.98 Å². The van der Waals surface area contributed by atoms with Gasteiger partial charge < -0.3 is 20.5 Å². The Kier molecular flexibility index (Phi) is 5.24. The van der Waals surface area contributed by atoms with Crippen molar-refractivity contribution in [3.63, 3.8) is 0 Å². The second-order valence-electron chi connectivity index (χ2n) is 7.91. The monoisotopic (exact) mass is 400 g/mol. The Labute approximate surface area is 176 Å². The molecule has 1 aliphatic rings. The molecule has 0 aliphatic carbocycles. The molecule has 1 saturated heterocycles. The highest BCUT2D eigenvalue weighted by Crippen LogP contribution is 2.31. The van der Waals surface area contributed by atoms with E-state index < -0.39 is 0 Å². The third-order valence-corrected chi connectivity index (χ3v) is 5.94. The Hall–Kier alpha value is -3.12. The summed E-state index contributed by atoms with van der Waals surface area (Å²) in [5.41, 5.74) is 3.56. The van der Waals surface area contributed by atoms with E-state index in [4.69, 9.17) is 0 Å². The standard InChI is InChI=1S/C24H28N6/c1-2-30-21-9-4-3-8-19(21)20-15-17(10-11-22(20)30)28-23-12-14-26-24(29-23)27-16-18-7-5-6-13-25-18/h3-4,8-12,14-15,18,25H,2,5-7,13,16H2,1H3,(H2,26,27,28,29). The van der Waals surface area contributed by atoms with Crippen LogP contribution in [-0.4, -0.2) is 33.7 Å². The molecule has 1 atom stereocenters. The highest BCUT2D eigenvalue weighted by Gasteiger charge is 2.13. The van der Waals surface area contributed by atoms with E-state index in [-0.39, 0.29) is 0 Å². The number of hydrogen-bond acceptors (Lipinski definition) is 5. The van der Waals surface area contributed by atoms with E-state index in [9.17, 15) is 0 Å². The van der Waals surface area contributed by atoms with Gasteiger partial charge in [-0.1, -0.05) is 24.6 Å². The topological polar surface area (TPSA) is 66.8 Å². The fourth-order valence-corrected chi connectivity index (χ4v) is 4.45. The van der Waals surface area contributed by atoms with E-state index >= 15 is 0 Å². The molecule has 1 fully saturated rings. The van der Waals surface area contributed by atoms with E-state index in [1.807, 2.05) is 6.07 Å². The van der Waals surface area contributed by atoms with Crippen LogP contribution >= 0.6 is 0 Å². The first kappa shape index (κ1) is 18.9. The number of aryl methyl sites for hydroxylation is 1. The van der Waals surface area contributed by atoms with Gasteiger partial charge in [0.15, 0.2) is 0 Å². The number of piperidine rings is 1. The lowest BCUT2D eigenvalue weighted by Gasteiger charge is -2.23. The molecule has 0 amide bonds. The van der Waals surface area contributed by atoms with E-state index in [0.29, 0.717) is 12.0 Å². The molecule has 2 aromatic heterocycles. The second kappa shape index (κ2) is 8.32. The maximum Gasteiger partial charge on any atom is 0.224 e. The van der Waals surface area contributed by atoms with Gasteiger partial charge in [-0.15, -0.1) is 0 Å². The second-order valence-corrected chi connectivity index (χ2v) is 7.91. The number of rotatable bonds is 6. The minimum atomic E-state index is 0.497. The molecule has 3 heterocycles. The number of anilines is 3. The molecule has 1 aliphatic heterocycles. The first-order valence-electron chi connectivity index (χ1n) is 10.9. The van der Waals surface area contributed by atoms with Crippen LogP contribution in [0.25, 0.3) is 21.8 Å². The number of para-hydroxylation sites is 1. The SMILES string of the molecule is CCn1c2ccccc2c2cc(Nc3ccnc(NCC4CCCCN4)n3)ccc21. The summed E-state index contributed by atoms with van der Waals surface area (Å²) >= 11 is 0. The quantitative estimate of drug-likeness (QED) is 0.429. The largest absolute Gasteiger partial charge is 0.353 e. The summed E-state index contributed by atoms with van der Waals surface area (Å²) in [5.74, 6) is 1.46. The summed E-state index contributed by atoms with van der Waals surface area (Å²) in [6.45, 7) is 5.10. The van der Waals surface area contributed by atoms with Gasteiger partial charge in [-0.2, -0.15) is 4.98 Å². The molecule has 6 nitrogen and oxygen atoms in total. The number of benzene rings is 2. The molecule has 3 N–H and O–H groups in total. The summed E-state index contributed by atoms with van der Waals surface area (Å²) in [5, 5.41) is 12.9. The zero-order valence-electron chi connectivity index (χ0n) is 17.4. The zero-order valence-corrected chi connectivity index (χ0v) is 17.4. The van der Waals surface area contributed by atoms with Gasteiger partial charge in [-0.05, 0) is 56.6 Å². The summed E-state index contributed by atoms with van der Waals surface area (Å²) in [6.07, 6.45) is 5.57. The van der Waals surface area contributed by atoms with Crippen LogP contribution in [0.4, 0.5) is 17.5 Å². The van der Waals surface area contributed by atoms with Gasteiger partial charge in [0, 0.05) is 52.8 Å².